The Balaban J connectivity index is 1.37. The molecular weight excluding hydrogens is 340 g/mol. The molecule has 0 fully saturated rings. The number of rotatable bonds is 5. The number of nitrogens with zero attached hydrogens (tertiary/aromatic N) is 3. The summed E-state index contributed by atoms with van der Waals surface area (Å²) in [7, 11) is 0. The lowest BCUT2D eigenvalue weighted by Crippen LogP contribution is -2.32. The summed E-state index contributed by atoms with van der Waals surface area (Å²) < 4.78 is 6.60. The van der Waals surface area contributed by atoms with Crippen molar-refractivity contribution >= 4 is 17.2 Å². The summed E-state index contributed by atoms with van der Waals surface area (Å²) >= 11 is 1.52. The minimum Gasteiger partial charge on any atom is -0.355 e. The van der Waals surface area contributed by atoms with Crippen molar-refractivity contribution in [2.45, 2.75) is 25.8 Å². The number of carbonyl (C=O) groups is 1. The first-order valence-electron chi connectivity index (χ1n) is 8.09. The van der Waals surface area contributed by atoms with Crippen molar-refractivity contribution < 1.29 is 9.32 Å². The first-order valence-corrected chi connectivity index (χ1v) is 8.97. The van der Waals surface area contributed by atoms with Crippen LogP contribution in [0.2, 0.25) is 0 Å². The van der Waals surface area contributed by atoms with Crippen molar-refractivity contribution in [3.63, 3.8) is 0 Å². The fourth-order valence-electron chi connectivity index (χ4n) is 2.88. The zero-order valence-corrected chi connectivity index (χ0v) is 14.2. The number of fused-ring (bicyclic) bond motifs is 1. The topological polar surface area (TPSA) is 90.0 Å². The average molecular weight is 356 g/mol. The van der Waals surface area contributed by atoms with Crippen LogP contribution in [0.4, 0.5) is 0 Å². The number of hydrogen-bond donors (Lipinski definition) is 1. The third-order valence-corrected chi connectivity index (χ3v) is 5.02. The highest BCUT2D eigenvalue weighted by molar-refractivity contribution is 7.13. The van der Waals surface area contributed by atoms with E-state index in [4.69, 9.17) is 4.52 Å². The molecule has 4 rings (SSSR count). The summed E-state index contributed by atoms with van der Waals surface area (Å²) in [6, 6.07) is 7.07. The van der Waals surface area contributed by atoms with Crippen LogP contribution in [0.1, 0.15) is 28.2 Å². The van der Waals surface area contributed by atoms with E-state index in [0.29, 0.717) is 18.8 Å². The molecule has 8 heteroatoms. The van der Waals surface area contributed by atoms with Crippen LogP contribution in [0.15, 0.2) is 39.0 Å². The number of aryl methyl sites for hydroxylation is 2. The second-order valence-corrected chi connectivity index (χ2v) is 6.79. The third kappa shape index (κ3) is 3.25. The molecule has 1 aliphatic carbocycles. The molecule has 1 aliphatic rings. The predicted molar refractivity (Wildman–Crippen MR) is 92.7 cm³/mol. The van der Waals surface area contributed by atoms with Gasteiger partial charge in [-0.2, -0.15) is 5.10 Å². The maximum absolute atomic E-state index is 12.2. The molecule has 0 saturated heterocycles. The molecule has 7 nitrogen and oxygen atoms in total. The minimum atomic E-state index is -0.333. The molecule has 0 saturated carbocycles. The second kappa shape index (κ2) is 6.64. The van der Waals surface area contributed by atoms with Gasteiger partial charge >= 0.3 is 0 Å². The van der Waals surface area contributed by atoms with Crippen LogP contribution in [0.3, 0.4) is 0 Å². The molecule has 0 aromatic carbocycles. The van der Waals surface area contributed by atoms with E-state index in [-0.39, 0.29) is 17.2 Å². The first-order chi connectivity index (χ1) is 12.2. The smallest absolute Gasteiger partial charge is 0.273 e. The molecule has 3 aromatic rings. The Kier molecular flexibility index (Phi) is 4.19. The molecule has 1 amide bonds. The van der Waals surface area contributed by atoms with Gasteiger partial charge in [0.2, 0.25) is 0 Å². The SMILES string of the molecule is O=C(NCCn1nc2c(cc1=O)CCC2)c1cc(-c2cccs2)on1. The van der Waals surface area contributed by atoms with E-state index >= 15 is 0 Å². The lowest BCUT2D eigenvalue weighted by Gasteiger charge is -2.07. The van der Waals surface area contributed by atoms with Crippen molar-refractivity contribution in [1.29, 1.82) is 0 Å². The molecule has 3 heterocycles. The van der Waals surface area contributed by atoms with Gasteiger partial charge in [0.1, 0.15) is 0 Å². The average Bonchev–Trinajstić information content (AvgIpc) is 3.35. The number of nitrogens with one attached hydrogen (secondary N) is 1. The van der Waals surface area contributed by atoms with E-state index in [1.807, 2.05) is 17.5 Å². The fraction of sp³-hybridized carbons (Fsp3) is 0.294. The molecule has 0 spiro atoms. The number of carbonyl (C=O) groups excluding carboxylic acids is 1. The standard InChI is InChI=1S/C17H16N4O3S/c22-16-9-11-3-1-4-12(11)19-21(16)7-6-18-17(23)13-10-14(24-20-13)15-5-2-8-25-15/h2,5,8-10H,1,3-4,6-7H2,(H,18,23). The van der Waals surface area contributed by atoms with Crippen LogP contribution in [0.25, 0.3) is 10.6 Å². The molecule has 0 bridgehead atoms. The van der Waals surface area contributed by atoms with Gasteiger partial charge in [0.25, 0.3) is 11.5 Å². The largest absolute Gasteiger partial charge is 0.355 e. The number of amides is 1. The van der Waals surface area contributed by atoms with Crippen LogP contribution in [-0.2, 0) is 19.4 Å². The molecule has 1 N–H and O–H groups in total. The molecule has 0 unspecified atom stereocenters. The van der Waals surface area contributed by atoms with Crippen molar-refractivity contribution in [2.24, 2.45) is 0 Å². The van der Waals surface area contributed by atoms with Crippen LogP contribution in [-0.4, -0.2) is 27.4 Å². The van der Waals surface area contributed by atoms with Gasteiger partial charge in [-0.25, -0.2) is 4.68 Å². The summed E-state index contributed by atoms with van der Waals surface area (Å²) in [6.07, 6.45) is 2.88. The zero-order valence-electron chi connectivity index (χ0n) is 13.4. The summed E-state index contributed by atoms with van der Waals surface area (Å²) in [4.78, 5) is 25.1. The van der Waals surface area contributed by atoms with Gasteiger partial charge in [0.05, 0.1) is 17.1 Å². The van der Waals surface area contributed by atoms with E-state index in [0.717, 1.165) is 35.4 Å². The van der Waals surface area contributed by atoms with E-state index in [2.05, 4.69) is 15.6 Å². The fourth-order valence-corrected chi connectivity index (χ4v) is 3.56. The van der Waals surface area contributed by atoms with Crippen molar-refractivity contribution in [2.75, 3.05) is 6.54 Å². The van der Waals surface area contributed by atoms with Gasteiger partial charge in [-0.05, 0) is 36.3 Å². The molecule has 25 heavy (non-hydrogen) atoms. The normalized spacial score (nSPS) is 13.0. The lowest BCUT2D eigenvalue weighted by molar-refractivity contribution is 0.0942. The minimum absolute atomic E-state index is 0.128. The van der Waals surface area contributed by atoms with Crippen LogP contribution < -0.4 is 10.9 Å². The Morgan fingerprint density at radius 3 is 3.12 bits per heavy atom. The Hall–Kier alpha value is -2.74. The van der Waals surface area contributed by atoms with E-state index in [1.165, 1.54) is 16.0 Å². The van der Waals surface area contributed by atoms with Crippen LogP contribution in [0.5, 0.6) is 0 Å². The van der Waals surface area contributed by atoms with Crippen LogP contribution >= 0.6 is 11.3 Å². The summed E-state index contributed by atoms with van der Waals surface area (Å²) in [6.45, 7) is 0.624. The molecule has 3 aromatic heterocycles. The highest BCUT2D eigenvalue weighted by Crippen LogP contribution is 2.25. The molecule has 0 radical (unpaired) electrons. The maximum Gasteiger partial charge on any atom is 0.273 e. The zero-order chi connectivity index (χ0) is 17.2. The van der Waals surface area contributed by atoms with E-state index < -0.39 is 0 Å². The number of thiophene rings is 1. The van der Waals surface area contributed by atoms with Crippen molar-refractivity contribution in [3.8, 4) is 10.6 Å². The Bertz CT molecular complexity index is 959. The molecular formula is C17H16N4O3S. The third-order valence-electron chi connectivity index (χ3n) is 4.14. The second-order valence-electron chi connectivity index (χ2n) is 5.84. The summed E-state index contributed by atoms with van der Waals surface area (Å²) in [5.74, 6) is 0.234. The van der Waals surface area contributed by atoms with Crippen molar-refractivity contribution in [1.82, 2.24) is 20.3 Å². The number of hydrogen-bond acceptors (Lipinski definition) is 6. The molecule has 0 aliphatic heterocycles. The van der Waals surface area contributed by atoms with Gasteiger partial charge in [0.15, 0.2) is 11.5 Å². The lowest BCUT2D eigenvalue weighted by atomic mass is 10.2. The Morgan fingerprint density at radius 1 is 1.36 bits per heavy atom. The van der Waals surface area contributed by atoms with Crippen LogP contribution in [0, 0.1) is 0 Å². The highest BCUT2D eigenvalue weighted by atomic mass is 32.1. The summed E-state index contributed by atoms with van der Waals surface area (Å²) in [5, 5.41) is 12.9. The van der Waals surface area contributed by atoms with Gasteiger partial charge < -0.3 is 9.84 Å². The first kappa shape index (κ1) is 15.8. The highest BCUT2D eigenvalue weighted by Gasteiger charge is 2.16. The number of aromatic nitrogens is 3. The van der Waals surface area contributed by atoms with E-state index in [9.17, 15) is 9.59 Å². The van der Waals surface area contributed by atoms with E-state index in [1.54, 1.807) is 12.1 Å². The molecule has 0 atom stereocenters. The molecule has 128 valence electrons. The quantitative estimate of drug-likeness (QED) is 0.754. The maximum atomic E-state index is 12.2. The summed E-state index contributed by atoms with van der Waals surface area (Å²) in [5.41, 5.74) is 2.13. The predicted octanol–water partition coefficient (Wildman–Crippen LogP) is 1.88. The van der Waals surface area contributed by atoms with Gasteiger partial charge in [-0.1, -0.05) is 11.2 Å². The van der Waals surface area contributed by atoms with Crippen molar-refractivity contribution in [3.05, 3.63) is 57.0 Å². The Morgan fingerprint density at radius 2 is 2.28 bits per heavy atom. The van der Waals surface area contributed by atoms with Gasteiger partial charge in [-0.3, -0.25) is 9.59 Å². The Labute approximate surface area is 147 Å². The van der Waals surface area contributed by atoms with Gasteiger partial charge in [-0.15, -0.1) is 11.3 Å². The monoisotopic (exact) mass is 356 g/mol. The van der Waals surface area contributed by atoms with Gasteiger partial charge in [0, 0.05) is 18.7 Å².